The summed E-state index contributed by atoms with van der Waals surface area (Å²) in [6.45, 7) is 7.14. The molecular formula is C17H21BrFNO. The van der Waals surface area contributed by atoms with Gasteiger partial charge in [0, 0.05) is 5.56 Å². The van der Waals surface area contributed by atoms with Gasteiger partial charge in [-0.25, -0.2) is 4.39 Å². The molecule has 1 N–H and O–H groups in total. The Balaban J connectivity index is 2.29. The summed E-state index contributed by atoms with van der Waals surface area (Å²) in [4.78, 5) is 0. The van der Waals surface area contributed by atoms with E-state index in [9.17, 15) is 4.39 Å². The lowest BCUT2D eigenvalue weighted by Crippen LogP contribution is -2.20. The van der Waals surface area contributed by atoms with Gasteiger partial charge in [0.1, 0.15) is 17.3 Å². The van der Waals surface area contributed by atoms with Crippen LogP contribution in [0.15, 0.2) is 33.2 Å². The fourth-order valence-corrected chi connectivity index (χ4v) is 2.70. The standard InChI is InChI=1S/C17H21BrFNO/c1-4-8-20-15(5-2)17-7-6-16(21-17)12-10-13(18)14(19)9-11(12)3/h6-7,9-10,15,20H,4-5,8H2,1-3H3. The van der Waals surface area contributed by atoms with Crippen LogP contribution in [0.1, 0.15) is 44.1 Å². The summed E-state index contributed by atoms with van der Waals surface area (Å²) in [5.74, 6) is 1.46. The largest absolute Gasteiger partial charge is 0.459 e. The summed E-state index contributed by atoms with van der Waals surface area (Å²) in [6.07, 6.45) is 2.06. The van der Waals surface area contributed by atoms with Gasteiger partial charge in [-0.3, -0.25) is 0 Å². The van der Waals surface area contributed by atoms with Crippen LogP contribution in [-0.4, -0.2) is 6.54 Å². The molecule has 1 aromatic heterocycles. The minimum Gasteiger partial charge on any atom is -0.459 e. The quantitative estimate of drug-likeness (QED) is 0.730. The minimum absolute atomic E-state index is 0.225. The molecule has 1 aromatic carbocycles. The topological polar surface area (TPSA) is 25.2 Å². The van der Waals surface area contributed by atoms with Gasteiger partial charge in [0.15, 0.2) is 0 Å². The summed E-state index contributed by atoms with van der Waals surface area (Å²) < 4.78 is 20.0. The van der Waals surface area contributed by atoms with Crippen molar-refractivity contribution in [2.75, 3.05) is 6.54 Å². The molecule has 0 aliphatic carbocycles. The highest BCUT2D eigenvalue weighted by molar-refractivity contribution is 9.10. The molecule has 2 rings (SSSR count). The smallest absolute Gasteiger partial charge is 0.137 e. The van der Waals surface area contributed by atoms with Crippen LogP contribution in [0, 0.1) is 12.7 Å². The average Bonchev–Trinajstić information content (AvgIpc) is 2.93. The number of rotatable bonds is 6. The van der Waals surface area contributed by atoms with Crippen molar-refractivity contribution in [2.24, 2.45) is 0 Å². The van der Waals surface area contributed by atoms with E-state index < -0.39 is 0 Å². The van der Waals surface area contributed by atoms with E-state index in [1.807, 2.05) is 19.1 Å². The van der Waals surface area contributed by atoms with Gasteiger partial charge in [0.25, 0.3) is 0 Å². The number of furan rings is 1. The molecular weight excluding hydrogens is 333 g/mol. The molecule has 0 saturated heterocycles. The molecule has 0 aliphatic rings. The van der Waals surface area contributed by atoms with Crippen LogP contribution < -0.4 is 5.32 Å². The van der Waals surface area contributed by atoms with Gasteiger partial charge >= 0.3 is 0 Å². The van der Waals surface area contributed by atoms with Gasteiger partial charge in [-0.05, 0) is 72.1 Å². The first-order valence-corrected chi connectivity index (χ1v) is 8.15. The van der Waals surface area contributed by atoms with Crippen molar-refractivity contribution in [3.05, 3.63) is 45.9 Å². The first kappa shape index (κ1) is 16.2. The maximum atomic E-state index is 13.5. The van der Waals surface area contributed by atoms with Crippen molar-refractivity contribution in [3.63, 3.8) is 0 Å². The number of aryl methyl sites for hydroxylation is 1. The first-order chi connectivity index (χ1) is 10.1. The fraction of sp³-hybridized carbons (Fsp3) is 0.412. The SMILES string of the molecule is CCCNC(CC)c1ccc(-c2cc(Br)c(F)cc2C)o1. The molecule has 4 heteroatoms. The van der Waals surface area contributed by atoms with Gasteiger partial charge in [-0.2, -0.15) is 0 Å². The van der Waals surface area contributed by atoms with E-state index >= 15 is 0 Å². The zero-order valence-corrected chi connectivity index (χ0v) is 14.3. The third-order valence-electron chi connectivity index (χ3n) is 3.55. The molecule has 1 atom stereocenters. The average molecular weight is 354 g/mol. The molecule has 0 bridgehead atoms. The fourth-order valence-electron chi connectivity index (χ4n) is 2.36. The Bertz CT molecular complexity index is 609. The summed E-state index contributed by atoms with van der Waals surface area (Å²) >= 11 is 3.23. The molecule has 114 valence electrons. The van der Waals surface area contributed by atoms with Gasteiger partial charge in [-0.1, -0.05) is 13.8 Å². The molecule has 0 spiro atoms. The highest BCUT2D eigenvalue weighted by atomic mass is 79.9. The molecule has 0 aliphatic heterocycles. The lowest BCUT2D eigenvalue weighted by molar-refractivity contribution is 0.411. The second-order valence-corrected chi connectivity index (χ2v) is 6.05. The van der Waals surface area contributed by atoms with Crippen molar-refractivity contribution in [3.8, 4) is 11.3 Å². The second kappa shape index (κ2) is 7.23. The number of benzene rings is 1. The number of hydrogen-bond acceptors (Lipinski definition) is 2. The molecule has 0 radical (unpaired) electrons. The summed E-state index contributed by atoms with van der Waals surface area (Å²) in [5, 5.41) is 3.47. The van der Waals surface area contributed by atoms with Crippen LogP contribution in [0.4, 0.5) is 4.39 Å². The van der Waals surface area contributed by atoms with E-state index in [1.165, 1.54) is 6.07 Å². The Labute approximate surface area is 133 Å². The van der Waals surface area contributed by atoms with Crippen LogP contribution in [0.2, 0.25) is 0 Å². The van der Waals surface area contributed by atoms with E-state index in [0.29, 0.717) is 4.47 Å². The van der Waals surface area contributed by atoms with Gasteiger partial charge in [0.2, 0.25) is 0 Å². The van der Waals surface area contributed by atoms with E-state index in [2.05, 4.69) is 35.1 Å². The van der Waals surface area contributed by atoms with Gasteiger partial charge in [0.05, 0.1) is 10.5 Å². The monoisotopic (exact) mass is 353 g/mol. The van der Waals surface area contributed by atoms with Crippen LogP contribution in [-0.2, 0) is 0 Å². The van der Waals surface area contributed by atoms with Crippen LogP contribution in [0.5, 0.6) is 0 Å². The molecule has 2 nitrogen and oxygen atoms in total. The van der Waals surface area contributed by atoms with Crippen LogP contribution >= 0.6 is 15.9 Å². The maximum Gasteiger partial charge on any atom is 0.137 e. The Morgan fingerprint density at radius 2 is 2.05 bits per heavy atom. The zero-order valence-electron chi connectivity index (χ0n) is 12.7. The highest BCUT2D eigenvalue weighted by Gasteiger charge is 2.15. The number of hydrogen-bond donors (Lipinski definition) is 1. The van der Waals surface area contributed by atoms with Crippen LogP contribution in [0.25, 0.3) is 11.3 Å². The van der Waals surface area contributed by atoms with Crippen molar-refractivity contribution in [1.29, 1.82) is 0 Å². The second-order valence-electron chi connectivity index (χ2n) is 5.20. The summed E-state index contributed by atoms with van der Waals surface area (Å²) in [5.41, 5.74) is 1.78. The normalized spacial score (nSPS) is 12.6. The van der Waals surface area contributed by atoms with Gasteiger partial charge in [-0.15, -0.1) is 0 Å². The lowest BCUT2D eigenvalue weighted by Gasteiger charge is -2.13. The van der Waals surface area contributed by atoms with Crippen molar-refractivity contribution < 1.29 is 8.81 Å². The predicted molar refractivity (Wildman–Crippen MR) is 87.9 cm³/mol. The van der Waals surface area contributed by atoms with Crippen LogP contribution in [0.3, 0.4) is 0 Å². The van der Waals surface area contributed by atoms with Gasteiger partial charge < -0.3 is 9.73 Å². The highest BCUT2D eigenvalue weighted by Crippen LogP contribution is 2.32. The molecule has 0 fully saturated rings. The van der Waals surface area contributed by atoms with E-state index in [-0.39, 0.29) is 11.9 Å². The predicted octanol–water partition coefficient (Wildman–Crippen LogP) is 5.61. The maximum absolute atomic E-state index is 13.5. The molecule has 0 saturated carbocycles. The van der Waals surface area contributed by atoms with Crippen molar-refractivity contribution >= 4 is 15.9 Å². The third kappa shape index (κ3) is 3.74. The zero-order chi connectivity index (χ0) is 15.4. The summed E-state index contributed by atoms with van der Waals surface area (Å²) in [7, 11) is 0. The Morgan fingerprint density at radius 3 is 2.71 bits per heavy atom. The number of halogens is 2. The van der Waals surface area contributed by atoms with Crippen molar-refractivity contribution in [2.45, 2.75) is 39.7 Å². The van der Waals surface area contributed by atoms with E-state index in [4.69, 9.17) is 4.42 Å². The molecule has 1 heterocycles. The molecule has 0 amide bonds. The Morgan fingerprint density at radius 1 is 1.29 bits per heavy atom. The Hall–Kier alpha value is -1.13. The molecule has 21 heavy (non-hydrogen) atoms. The van der Waals surface area contributed by atoms with E-state index in [1.54, 1.807) is 6.07 Å². The lowest BCUT2D eigenvalue weighted by atomic mass is 10.1. The summed E-state index contributed by atoms with van der Waals surface area (Å²) in [6, 6.07) is 7.48. The van der Waals surface area contributed by atoms with Crippen molar-refractivity contribution in [1.82, 2.24) is 5.32 Å². The number of nitrogens with one attached hydrogen (secondary N) is 1. The Kier molecular flexibility index (Phi) is 5.59. The molecule has 1 unspecified atom stereocenters. The minimum atomic E-state index is -0.251. The molecule has 2 aromatic rings. The third-order valence-corrected chi connectivity index (χ3v) is 4.16. The first-order valence-electron chi connectivity index (χ1n) is 7.35. The van der Waals surface area contributed by atoms with E-state index in [0.717, 1.165) is 42.0 Å².